The van der Waals surface area contributed by atoms with Gasteiger partial charge in [0.05, 0.1) is 0 Å². The molecule has 2 nitrogen and oxygen atoms in total. The van der Waals surface area contributed by atoms with Gasteiger partial charge in [-0.1, -0.05) is 48.5 Å². The zero-order valence-electron chi connectivity index (χ0n) is 12.0. The summed E-state index contributed by atoms with van der Waals surface area (Å²) in [6, 6.07) is 23.9. The number of carbonyl (C=O) groups excluding carboxylic acids is 1. The van der Waals surface area contributed by atoms with Crippen molar-refractivity contribution in [3.8, 4) is 0 Å². The van der Waals surface area contributed by atoms with Crippen molar-refractivity contribution in [1.82, 2.24) is 4.98 Å². The maximum Gasteiger partial charge on any atom is 0.150 e. The smallest absolute Gasteiger partial charge is 0.150 e. The predicted molar refractivity (Wildman–Crippen MR) is 91.1 cm³/mol. The minimum atomic E-state index is 0.753. The van der Waals surface area contributed by atoms with Crippen molar-refractivity contribution in [2.24, 2.45) is 0 Å². The van der Waals surface area contributed by atoms with E-state index in [0.29, 0.717) is 0 Å². The lowest BCUT2D eigenvalue weighted by Crippen LogP contribution is -1.83. The maximum absolute atomic E-state index is 11.0. The molecule has 0 atom stereocenters. The number of aromatic nitrogens is 1. The van der Waals surface area contributed by atoms with Crippen LogP contribution in [0, 0.1) is 0 Å². The third-order valence-corrected chi connectivity index (χ3v) is 3.47. The first kappa shape index (κ1) is 14.0. The van der Waals surface area contributed by atoms with E-state index in [0.717, 1.165) is 22.6 Å². The quantitative estimate of drug-likeness (QED) is 0.368. The highest BCUT2D eigenvalue weighted by Gasteiger charge is 2.01. The molecule has 0 spiro atoms. The van der Waals surface area contributed by atoms with E-state index in [4.69, 9.17) is 0 Å². The summed E-state index contributed by atoms with van der Waals surface area (Å²) in [4.78, 5) is 14.7. The highest BCUT2D eigenvalue weighted by atomic mass is 16.1. The Balaban J connectivity index is 0.000000202. The molecule has 0 aliphatic rings. The van der Waals surface area contributed by atoms with E-state index in [2.05, 4.69) is 29.2 Å². The van der Waals surface area contributed by atoms with Crippen molar-refractivity contribution in [3.05, 3.63) is 90.8 Å². The second-order valence-electron chi connectivity index (χ2n) is 4.91. The van der Waals surface area contributed by atoms with Gasteiger partial charge >= 0.3 is 0 Å². The topological polar surface area (TPSA) is 30.0 Å². The Bertz CT molecular complexity index is 874. The molecule has 3 aromatic carbocycles. The van der Waals surface area contributed by atoms with Crippen LogP contribution in [0.5, 0.6) is 0 Å². The van der Waals surface area contributed by atoms with E-state index < -0.39 is 0 Å². The van der Waals surface area contributed by atoms with Crippen molar-refractivity contribution in [2.75, 3.05) is 0 Å². The Morgan fingerprint density at radius 1 is 0.682 bits per heavy atom. The molecule has 0 aliphatic heterocycles. The molecule has 1 heterocycles. The standard InChI is InChI=1S/C15H10O.C5H5N/c16-10-14-7-3-6-13-8-11-4-1-2-5-12(11)9-15(13)14;1-2-4-6-5-3-1/h1-10H;1-5H. The van der Waals surface area contributed by atoms with E-state index in [9.17, 15) is 4.79 Å². The fourth-order valence-electron chi connectivity index (χ4n) is 2.41. The van der Waals surface area contributed by atoms with Crippen LogP contribution in [0.15, 0.2) is 85.2 Å². The number of pyridine rings is 1. The van der Waals surface area contributed by atoms with Crippen LogP contribution < -0.4 is 0 Å². The molecule has 2 heteroatoms. The van der Waals surface area contributed by atoms with Crippen molar-refractivity contribution < 1.29 is 4.79 Å². The van der Waals surface area contributed by atoms with Gasteiger partial charge < -0.3 is 0 Å². The summed E-state index contributed by atoms with van der Waals surface area (Å²) in [5, 5.41) is 4.52. The Hall–Kier alpha value is -3.00. The van der Waals surface area contributed by atoms with E-state index in [1.807, 2.05) is 48.5 Å². The molecule has 0 unspecified atom stereocenters. The first-order valence-corrected chi connectivity index (χ1v) is 7.10. The molecule has 106 valence electrons. The van der Waals surface area contributed by atoms with Gasteiger partial charge in [-0.05, 0) is 45.8 Å². The summed E-state index contributed by atoms with van der Waals surface area (Å²) >= 11 is 0. The lowest BCUT2D eigenvalue weighted by Gasteiger charge is -2.03. The molecule has 0 saturated carbocycles. The van der Waals surface area contributed by atoms with Gasteiger partial charge in [0.2, 0.25) is 0 Å². The predicted octanol–water partition coefficient (Wildman–Crippen LogP) is 4.89. The third kappa shape index (κ3) is 3.01. The average Bonchev–Trinajstić information content (AvgIpc) is 2.61. The number of hydrogen-bond acceptors (Lipinski definition) is 2. The van der Waals surface area contributed by atoms with Crippen LogP contribution in [0.3, 0.4) is 0 Å². The van der Waals surface area contributed by atoms with Crippen LogP contribution in [-0.2, 0) is 0 Å². The molecular weight excluding hydrogens is 270 g/mol. The number of rotatable bonds is 1. The van der Waals surface area contributed by atoms with Crippen LogP contribution in [-0.4, -0.2) is 11.3 Å². The summed E-state index contributed by atoms with van der Waals surface area (Å²) in [7, 11) is 0. The highest BCUT2D eigenvalue weighted by Crippen LogP contribution is 2.24. The summed E-state index contributed by atoms with van der Waals surface area (Å²) in [6.07, 6.45) is 4.41. The fourth-order valence-corrected chi connectivity index (χ4v) is 2.41. The molecular formula is C20H15NO. The summed E-state index contributed by atoms with van der Waals surface area (Å²) in [5.74, 6) is 0. The fraction of sp³-hybridized carbons (Fsp3) is 0. The van der Waals surface area contributed by atoms with Crippen LogP contribution in [0.25, 0.3) is 21.5 Å². The molecule has 4 rings (SSSR count). The molecule has 1 aromatic heterocycles. The second-order valence-corrected chi connectivity index (χ2v) is 4.91. The van der Waals surface area contributed by atoms with Gasteiger partial charge in [-0.2, -0.15) is 0 Å². The number of aldehydes is 1. The molecule has 0 amide bonds. The molecule has 4 aromatic rings. The number of fused-ring (bicyclic) bond motifs is 2. The first-order chi connectivity index (χ1) is 10.9. The Kier molecular flexibility index (Phi) is 4.21. The minimum Gasteiger partial charge on any atom is -0.298 e. The lowest BCUT2D eigenvalue weighted by molar-refractivity contribution is 0.112. The van der Waals surface area contributed by atoms with Crippen molar-refractivity contribution in [3.63, 3.8) is 0 Å². The Morgan fingerprint density at radius 2 is 1.36 bits per heavy atom. The zero-order chi connectivity index (χ0) is 15.2. The van der Waals surface area contributed by atoms with Gasteiger partial charge in [0.1, 0.15) is 0 Å². The summed E-state index contributed by atoms with van der Waals surface area (Å²) in [5.41, 5.74) is 0.753. The Morgan fingerprint density at radius 3 is 1.95 bits per heavy atom. The van der Waals surface area contributed by atoms with Crippen molar-refractivity contribution in [2.45, 2.75) is 0 Å². The monoisotopic (exact) mass is 285 g/mol. The molecule has 0 bridgehead atoms. The first-order valence-electron chi connectivity index (χ1n) is 7.10. The van der Waals surface area contributed by atoms with Crippen LogP contribution in [0.4, 0.5) is 0 Å². The average molecular weight is 285 g/mol. The third-order valence-electron chi connectivity index (χ3n) is 3.47. The van der Waals surface area contributed by atoms with Gasteiger partial charge in [0.25, 0.3) is 0 Å². The highest BCUT2D eigenvalue weighted by molar-refractivity contribution is 6.05. The van der Waals surface area contributed by atoms with Gasteiger partial charge in [-0.25, -0.2) is 0 Å². The van der Waals surface area contributed by atoms with E-state index in [1.54, 1.807) is 12.4 Å². The molecule has 0 aliphatic carbocycles. The minimum absolute atomic E-state index is 0.753. The van der Waals surface area contributed by atoms with Crippen LogP contribution in [0.1, 0.15) is 10.4 Å². The summed E-state index contributed by atoms with van der Waals surface area (Å²) in [6.45, 7) is 0. The molecule has 0 radical (unpaired) electrons. The normalized spacial score (nSPS) is 10.0. The molecule has 22 heavy (non-hydrogen) atoms. The van der Waals surface area contributed by atoms with Crippen molar-refractivity contribution >= 4 is 27.8 Å². The second kappa shape index (κ2) is 6.64. The number of hydrogen-bond donors (Lipinski definition) is 0. The molecule has 0 N–H and O–H groups in total. The Labute approximate surface area is 129 Å². The SMILES string of the molecule is O=Cc1cccc2cc3ccccc3cc12.c1ccncc1. The molecule has 0 saturated heterocycles. The van der Waals surface area contributed by atoms with Crippen LogP contribution in [0.2, 0.25) is 0 Å². The maximum atomic E-state index is 11.0. The number of benzene rings is 3. The largest absolute Gasteiger partial charge is 0.298 e. The molecule has 0 fully saturated rings. The number of carbonyl (C=O) groups is 1. The van der Waals surface area contributed by atoms with Crippen molar-refractivity contribution in [1.29, 1.82) is 0 Å². The van der Waals surface area contributed by atoms with E-state index in [-0.39, 0.29) is 0 Å². The van der Waals surface area contributed by atoms with Gasteiger partial charge in [-0.15, -0.1) is 0 Å². The number of nitrogens with zero attached hydrogens (tertiary/aromatic N) is 1. The zero-order valence-corrected chi connectivity index (χ0v) is 12.0. The van der Waals surface area contributed by atoms with Gasteiger partial charge in [0, 0.05) is 18.0 Å². The van der Waals surface area contributed by atoms with E-state index >= 15 is 0 Å². The van der Waals surface area contributed by atoms with Gasteiger partial charge in [-0.3, -0.25) is 9.78 Å². The lowest BCUT2D eigenvalue weighted by atomic mass is 10.0. The van der Waals surface area contributed by atoms with Gasteiger partial charge in [0.15, 0.2) is 6.29 Å². The summed E-state index contributed by atoms with van der Waals surface area (Å²) < 4.78 is 0. The van der Waals surface area contributed by atoms with Crippen LogP contribution >= 0.6 is 0 Å². The van der Waals surface area contributed by atoms with E-state index in [1.165, 1.54) is 10.8 Å².